The number of benzene rings is 1. The third kappa shape index (κ3) is 6.08. The van der Waals surface area contributed by atoms with Crippen molar-refractivity contribution < 1.29 is 33.9 Å². The number of hydrogen-bond donors (Lipinski definition) is 1. The molecule has 1 N–H and O–H groups in total. The fraction of sp³-hybridized carbons (Fsp3) is 0.795. The summed E-state index contributed by atoms with van der Waals surface area (Å²) in [4.78, 5) is 50.0. The Morgan fingerprint density at radius 1 is 0.894 bits per heavy atom. The summed E-state index contributed by atoms with van der Waals surface area (Å²) in [6.45, 7) is 11.1. The van der Waals surface area contributed by atoms with Crippen LogP contribution in [0.2, 0.25) is 0 Å². The van der Waals surface area contributed by atoms with Gasteiger partial charge in [0.1, 0.15) is 6.10 Å². The molecule has 9 atom stereocenters. The minimum Gasteiger partial charge on any atom is -0.462 e. The molecule has 0 unspecified atom stereocenters. The van der Waals surface area contributed by atoms with E-state index in [1.807, 2.05) is 30.3 Å². The van der Waals surface area contributed by atoms with Crippen LogP contribution in [-0.2, 0) is 33.9 Å². The molecule has 0 radical (unpaired) electrons. The second-order valence-electron chi connectivity index (χ2n) is 17.0. The van der Waals surface area contributed by atoms with Gasteiger partial charge in [0.05, 0.1) is 0 Å². The van der Waals surface area contributed by atoms with E-state index in [4.69, 9.17) is 24.3 Å². The van der Waals surface area contributed by atoms with Crippen molar-refractivity contribution in [2.45, 2.75) is 142 Å². The molecule has 6 fully saturated rings. The summed E-state index contributed by atoms with van der Waals surface area (Å²) < 4.78 is 6.34. The van der Waals surface area contributed by atoms with Crippen LogP contribution in [0.1, 0.15) is 125 Å². The fourth-order valence-corrected chi connectivity index (χ4v) is 11.6. The summed E-state index contributed by atoms with van der Waals surface area (Å²) in [6.07, 6.45) is 12.9. The van der Waals surface area contributed by atoms with Gasteiger partial charge >= 0.3 is 5.97 Å². The molecule has 2 spiro atoms. The molecule has 6 aliphatic rings. The van der Waals surface area contributed by atoms with Gasteiger partial charge in [-0.15, -0.1) is 0 Å². The Kier molecular flexibility index (Phi) is 9.06. The van der Waals surface area contributed by atoms with Crippen LogP contribution in [0.3, 0.4) is 0 Å². The van der Waals surface area contributed by atoms with Crippen molar-refractivity contribution in [2.75, 3.05) is 5.32 Å². The SMILES string of the molecule is CC(=O)O[C@H]1C[C@H]2[C@@H](CC[C@@H]3CC4(CC[C@@]32C)OOC2(CCC(C)CC2)OO4)[C@@H]2CC[C@H]([C@H](C)CCC(=O)Nc3ccccc3)[C@@]12C. The van der Waals surface area contributed by atoms with Crippen molar-refractivity contribution >= 4 is 17.6 Å². The maximum absolute atomic E-state index is 12.9. The predicted molar refractivity (Wildman–Crippen MR) is 177 cm³/mol. The molecule has 5 saturated carbocycles. The quantitative estimate of drug-likeness (QED) is 0.243. The zero-order valence-corrected chi connectivity index (χ0v) is 29.3. The Balaban J connectivity index is 1.04. The molecular weight excluding hydrogens is 594 g/mol. The van der Waals surface area contributed by atoms with E-state index in [-0.39, 0.29) is 28.8 Å². The van der Waals surface area contributed by atoms with Gasteiger partial charge in [0.2, 0.25) is 17.5 Å². The van der Waals surface area contributed by atoms with Crippen LogP contribution >= 0.6 is 0 Å². The van der Waals surface area contributed by atoms with E-state index < -0.39 is 11.6 Å². The highest BCUT2D eigenvalue weighted by Crippen LogP contribution is 2.70. The Morgan fingerprint density at radius 3 is 2.30 bits per heavy atom. The van der Waals surface area contributed by atoms with Gasteiger partial charge in [-0.1, -0.05) is 45.9 Å². The summed E-state index contributed by atoms with van der Waals surface area (Å²) in [7, 11) is 0. The van der Waals surface area contributed by atoms with Crippen LogP contribution in [0.15, 0.2) is 30.3 Å². The average Bonchev–Trinajstić information content (AvgIpc) is 3.42. The molecule has 7 rings (SSSR count). The largest absolute Gasteiger partial charge is 0.462 e. The van der Waals surface area contributed by atoms with E-state index in [2.05, 4.69) is 33.0 Å². The molecule has 0 aromatic heterocycles. The third-order valence-corrected chi connectivity index (χ3v) is 14.4. The number of anilines is 1. The number of para-hydroxylation sites is 1. The van der Waals surface area contributed by atoms with Crippen molar-refractivity contribution in [3.05, 3.63) is 30.3 Å². The van der Waals surface area contributed by atoms with E-state index in [0.717, 1.165) is 76.3 Å². The van der Waals surface area contributed by atoms with E-state index >= 15 is 0 Å². The lowest BCUT2D eigenvalue weighted by Gasteiger charge is -2.63. The first-order chi connectivity index (χ1) is 22.5. The van der Waals surface area contributed by atoms with Crippen molar-refractivity contribution in [3.8, 4) is 0 Å². The third-order valence-electron chi connectivity index (χ3n) is 14.4. The Bertz CT molecular complexity index is 1290. The number of amides is 1. The molecule has 260 valence electrons. The van der Waals surface area contributed by atoms with E-state index in [0.29, 0.717) is 47.8 Å². The van der Waals surface area contributed by atoms with Crippen LogP contribution in [0.4, 0.5) is 5.69 Å². The average molecular weight is 652 g/mol. The summed E-state index contributed by atoms with van der Waals surface area (Å²) in [5.74, 6) is 1.74. The number of nitrogens with one attached hydrogen (secondary N) is 1. The zero-order valence-electron chi connectivity index (χ0n) is 29.3. The van der Waals surface area contributed by atoms with Gasteiger partial charge in [-0.3, -0.25) is 9.59 Å². The Morgan fingerprint density at radius 2 is 1.60 bits per heavy atom. The number of carbonyl (C=O) groups excluding carboxylic acids is 2. The van der Waals surface area contributed by atoms with E-state index in [1.165, 1.54) is 12.8 Å². The Hall–Kier alpha value is -2.00. The number of ether oxygens (including phenoxy) is 1. The summed E-state index contributed by atoms with van der Waals surface area (Å²) in [6, 6.07) is 9.69. The van der Waals surface area contributed by atoms with Gasteiger partial charge in [0, 0.05) is 50.1 Å². The van der Waals surface area contributed by atoms with Crippen molar-refractivity contribution in [3.63, 3.8) is 0 Å². The van der Waals surface area contributed by atoms with Crippen LogP contribution in [-0.4, -0.2) is 29.6 Å². The van der Waals surface area contributed by atoms with Gasteiger partial charge in [0.15, 0.2) is 0 Å². The molecule has 1 saturated heterocycles. The second-order valence-corrected chi connectivity index (χ2v) is 17.0. The molecule has 1 aromatic rings. The van der Waals surface area contributed by atoms with Crippen LogP contribution in [0.25, 0.3) is 0 Å². The van der Waals surface area contributed by atoms with Crippen molar-refractivity contribution in [2.24, 2.45) is 52.3 Å². The first-order valence-corrected chi connectivity index (χ1v) is 18.7. The number of carbonyl (C=O) groups is 2. The molecule has 1 amide bonds. The monoisotopic (exact) mass is 651 g/mol. The molecule has 1 aliphatic heterocycles. The summed E-state index contributed by atoms with van der Waals surface area (Å²) in [5.41, 5.74) is 0.855. The first kappa shape index (κ1) is 33.5. The highest BCUT2D eigenvalue weighted by molar-refractivity contribution is 5.90. The number of esters is 1. The van der Waals surface area contributed by atoms with Gasteiger partial charge in [-0.25, -0.2) is 0 Å². The molecule has 5 aliphatic carbocycles. The van der Waals surface area contributed by atoms with Gasteiger partial charge < -0.3 is 10.1 Å². The van der Waals surface area contributed by atoms with Crippen LogP contribution in [0, 0.1) is 52.3 Å². The van der Waals surface area contributed by atoms with E-state index in [1.54, 1.807) is 6.92 Å². The summed E-state index contributed by atoms with van der Waals surface area (Å²) >= 11 is 0. The lowest BCUT2D eigenvalue weighted by Crippen LogP contribution is -2.62. The zero-order chi connectivity index (χ0) is 33.0. The predicted octanol–water partition coefficient (Wildman–Crippen LogP) is 8.75. The number of hydrogen-bond acceptors (Lipinski definition) is 7. The summed E-state index contributed by atoms with van der Waals surface area (Å²) in [5, 5.41) is 3.05. The topological polar surface area (TPSA) is 92.3 Å². The number of fused-ring (bicyclic) bond motifs is 5. The molecule has 1 heterocycles. The van der Waals surface area contributed by atoms with Gasteiger partial charge in [0.25, 0.3) is 0 Å². The molecule has 47 heavy (non-hydrogen) atoms. The molecule has 8 nitrogen and oxygen atoms in total. The van der Waals surface area contributed by atoms with Crippen LogP contribution < -0.4 is 5.32 Å². The lowest BCUT2D eigenvalue weighted by atomic mass is 9.43. The fourth-order valence-electron chi connectivity index (χ4n) is 11.6. The van der Waals surface area contributed by atoms with Gasteiger partial charge in [-0.05, 0) is 117 Å². The highest BCUT2D eigenvalue weighted by Gasteiger charge is 2.67. The van der Waals surface area contributed by atoms with E-state index in [9.17, 15) is 9.59 Å². The normalized spacial score (nSPS) is 45.0. The standard InChI is InChI=1S/C39H57NO7/c1-25-17-19-38(20-18-25)44-46-39(47-45-38)22-21-36(4)28(24-39)12-13-30-32-15-14-31(37(32,5)34(23-33(30)36)43-27(3)41)26(2)11-16-35(42)40-29-9-7-6-8-10-29/h6-10,25-26,28,30-34H,11-24H2,1-5H3,(H,40,42)/t25?,26-,28-,30+,31-,32+,33+,34+,36+,37-,38?,39?/m1/s1. The second kappa shape index (κ2) is 12.7. The maximum atomic E-state index is 12.9. The first-order valence-electron chi connectivity index (χ1n) is 18.7. The lowest BCUT2D eigenvalue weighted by molar-refractivity contribution is -0.665. The highest BCUT2D eigenvalue weighted by atomic mass is 17.4. The number of rotatable bonds is 6. The van der Waals surface area contributed by atoms with Crippen LogP contribution in [0.5, 0.6) is 0 Å². The maximum Gasteiger partial charge on any atom is 0.302 e. The minimum atomic E-state index is -0.843. The Labute approximate surface area is 281 Å². The smallest absolute Gasteiger partial charge is 0.302 e. The molecule has 0 bridgehead atoms. The molecular formula is C39H57NO7. The van der Waals surface area contributed by atoms with Gasteiger partial charge in [-0.2, -0.15) is 19.6 Å². The molecule has 1 aromatic carbocycles. The van der Waals surface area contributed by atoms with Crippen molar-refractivity contribution in [1.29, 1.82) is 0 Å². The molecule has 8 heteroatoms. The van der Waals surface area contributed by atoms with Crippen molar-refractivity contribution in [1.82, 2.24) is 0 Å². The minimum absolute atomic E-state index is 0.0644.